The van der Waals surface area contributed by atoms with Crippen molar-refractivity contribution in [2.75, 3.05) is 23.9 Å². The maximum absolute atomic E-state index is 14.2. The number of carboxylic acids is 2. The van der Waals surface area contributed by atoms with Crippen LogP contribution in [0.2, 0.25) is 5.02 Å². The SMILES string of the molecule is CN1C([N+](=O)[O-])=C([N+](=O)[O-])c2c(ccc(N=C(NC#N)Nc3ccc(Cl)cc3)c2C(=O)NC(CCSCC(NC(=O)CC(C)(C)C)C(=O)O)C(=O)O)C1[N+](=O)[O-]. The van der Waals surface area contributed by atoms with Gasteiger partial charge in [0.05, 0.1) is 39.3 Å². The summed E-state index contributed by atoms with van der Waals surface area (Å²) in [6.45, 7) is 5.35. The topological polar surface area (TPSA) is 326 Å². The van der Waals surface area contributed by atoms with E-state index >= 15 is 0 Å². The number of fused-ring (bicyclic) bond motifs is 1. The predicted octanol–water partition coefficient (Wildman–Crippen LogP) is 3.22. The molecule has 56 heavy (non-hydrogen) atoms. The lowest BCUT2D eigenvalue weighted by atomic mass is 9.91. The van der Waals surface area contributed by atoms with Gasteiger partial charge >= 0.3 is 29.6 Å². The number of hydrogen-bond donors (Lipinski definition) is 6. The molecule has 1 heterocycles. The standard InChI is InChI=1S/C32H35ClN10O12S/c1-32(2,3)13-22(44)37-21(30(48)49)14-56-12-11-20(29(46)47)38-26(45)24-19(39-31(35-15-34)36-17-7-5-16(33)6-8-17)10-9-18-23(24)25(41(50)51)28(43(54)55)40(4)27(18)42(52)53/h5-10,20-21,27H,11-14H2,1-4H3,(H,37,44)(H,38,45)(H,46,47)(H,48,49)(H2,35,36,39). The first-order valence-corrected chi connectivity index (χ1v) is 17.7. The zero-order valence-electron chi connectivity index (χ0n) is 30.0. The summed E-state index contributed by atoms with van der Waals surface area (Å²) in [6.07, 6.45) is -0.877. The second-order valence-electron chi connectivity index (χ2n) is 13.1. The van der Waals surface area contributed by atoms with E-state index in [4.69, 9.17) is 11.6 Å². The van der Waals surface area contributed by atoms with E-state index in [9.17, 15) is 65.0 Å². The average Bonchev–Trinajstić information content (AvgIpc) is 3.07. The number of aliphatic carboxylic acids is 2. The molecule has 0 saturated heterocycles. The molecule has 1 aliphatic rings. The maximum Gasteiger partial charge on any atom is 0.403 e. The fourth-order valence-electron chi connectivity index (χ4n) is 5.37. The molecule has 24 heteroatoms. The molecule has 0 spiro atoms. The van der Waals surface area contributed by atoms with Gasteiger partial charge in [-0.2, -0.15) is 21.9 Å². The normalized spacial score (nSPS) is 15.0. The van der Waals surface area contributed by atoms with Crippen molar-refractivity contribution < 1.29 is 44.2 Å². The number of halogens is 1. The van der Waals surface area contributed by atoms with Gasteiger partial charge in [-0.05, 0) is 58.9 Å². The van der Waals surface area contributed by atoms with Crippen molar-refractivity contribution in [2.45, 2.75) is 51.9 Å². The third-order valence-corrected chi connectivity index (χ3v) is 9.05. The van der Waals surface area contributed by atoms with Crippen molar-refractivity contribution in [3.05, 3.63) is 94.3 Å². The quantitative estimate of drug-likeness (QED) is 0.0269. The Morgan fingerprint density at radius 3 is 2.14 bits per heavy atom. The predicted molar refractivity (Wildman–Crippen MR) is 200 cm³/mol. The summed E-state index contributed by atoms with van der Waals surface area (Å²) in [7, 11) is 0.873. The lowest BCUT2D eigenvalue weighted by Crippen LogP contribution is -2.44. The minimum atomic E-state index is -2.14. The number of carbonyl (C=O) groups excluding carboxylic acids is 2. The maximum atomic E-state index is 14.2. The van der Waals surface area contributed by atoms with Crippen molar-refractivity contribution in [3.63, 3.8) is 0 Å². The number of rotatable bonds is 16. The van der Waals surface area contributed by atoms with E-state index in [0.717, 1.165) is 30.9 Å². The van der Waals surface area contributed by atoms with Gasteiger partial charge in [-0.25, -0.2) is 14.6 Å². The van der Waals surface area contributed by atoms with Crippen molar-refractivity contribution in [2.24, 2.45) is 10.4 Å². The van der Waals surface area contributed by atoms with Crippen molar-refractivity contribution in [1.82, 2.24) is 20.9 Å². The van der Waals surface area contributed by atoms with Crippen LogP contribution in [0.1, 0.15) is 61.3 Å². The number of nitro groups is 3. The minimum absolute atomic E-state index is 0.0320. The van der Waals surface area contributed by atoms with E-state index in [1.54, 1.807) is 27.0 Å². The zero-order valence-corrected chi connectivity index (χ0v) is 31.5. The van der Waals surface area contributed by atoms with E-state index in [2.05, 4.69) is 26.3 Å². The number of nitriles is 1. The highest BCUT2D eigenvalue weighted by Gasteiger charge is 2.53. The minimum Gasteiger partial charge on any atom is -0.480 e. The smallest absolute Gasteiger partial charge is 0.403 e. The summed E-state index contributed by atoms with van der Waals surface area (Å²) in [5.41, 5.74) is -4.36. The van der Waals surface area contributed by atoms with Gasteiger partial charge in [0, 0.05) is 22.9 Å². The number of guanidine groups is 1. The van der Waals surface area contributed by atoms with Crippen LogP contribution in [0.4, 0.5) is 11.4 Å². The number of hydrogen-bond acceptors (Lipinski definition) is 14. The summed E-state index contributed by atoms with van der Waals surface area (Å²) < 4.78 is 0. The molecule has 1 aliphatic heterocycles. The number of amides is 2. The monoisotopic (exact) mass is 818 g/mol. The van der Waals surface area contributed by atoms with Crippen LogP contribution in [-0.4, -0.2) is 90.2 Å². The number of carboxylic acid groups (broad SMARTS) is 2. The number of benzene rings is 2. The molecule has 0 aliphatic carbocycles. The first-order chi connectivity index (χ1) is 26.2. The van der Waals surface area contributed by atoms with Crippen LogP contribution in [0.25, 0.3) is 5.70 Å². The lowest BCUT2D eigenvalue weighted by Gasteiger charge is -2.26. The number of nitrogens with one attached hydrogen (secondary N) is 4. The van der Waals surface area contributed by atoms with E-state index in [1.165, 1.54) is 24.3 Å². The van der Waals surface area contributed by atoms with E-state index in [0.29, 0.717) is 15.6 Å². The molecule has 6 N–H and O–H groups in total. The van der Waals surface area contributed by atoms with Crippen LogP contribution >= 0.6 is 23.4 Å². The lowest BCUT2D eigenvalue weighted by molar-refractivity contribution is -0.572. The van der Waals surface area contributed by atoms with E-state index < -0.39 is 102 Å². The third kappa shape index (κ3) is 11.2. The van der Waals surface area contributed by atoms with Crippen molar-refractivity contribution in [1.29, 1.82) is 5.26 Å². The van der Waals surface area contributed by atoms with Gasteiger partial charge in [0.1, 0.15) is 12.1 Å². The van der Waals surface area contributed by atoms with Gasteiger partial charge in [-0.15, -0.1) is 0 Å². The molecule has 2 aromatic carbocycles. The molecule has 0 radical (unpaired) electrons. The number of aliphatic imine (C=N–C) groups is 1. The summed E-state index contributed by atoms with van der Waals surface area (Å²) in [5, 5.41) is 75.9. The van der Waals surface area contributed by atoms with Crippen LogP contribution in [0.15, 0.2) is 47.2 Å². The van der Waals surface area contributed by atoms with Crippen LogP contribution in [0, 0.1) is 47.2 Å². The van der Waals surface area contributed by atoms with Gasteiger partial charge in [0.15, 0.2) is 6.19 Å². The Labute approximate surface area is 326 Å². The van der Waals surface area contributed by atoms with Gasteiger partial charge in [-0.1, -0.05) is 32.4 Å². The molecule has 0 saturated carbocycles. The highest BCUT2D eigenvalue weighted by Crippen LogP contribution is 2.43. The molecule has 3 atom stereocenters. The van der Waals surface area contributed by atoms with Crippen LogP contribution < -0.4 is 21.3 Å². The Hall–Kier alpha value is -6.54. The summed E-state index contributed by atoms with van der Waals surface area (Å²) in [6, 6.07) is 4.77. The molecule has 3 rings (SSSR count). The van der Waals surface area contributed by atoms with Gasteiger partial charge < -0.3 is 36.3 Å². The molecule has 0 fully saturated rings. The summed E-state index contributed by atoms with van der Waals surface area (Å²) in [5.74, 6) is -6.94. The second kappa shape index (κ2) is 18.7. The molecular weight excluding hydrogens is 784 g/mol. The van der Waals surface area contributed by atoms with Gasteiger partial charge in [0.2, 0.25) is 11.9 Å². The molecule has 298 valence electrons. The van der Waals surface area contributed by atoms with Crippen LogP contribution in [0.5, 0.6) is 0 Å². The van der Waals surface area contributed by atoms with Crippen molar-refractivity contribution >= 4 is 70.1 Å². The summed E-state index contributed by atoms with van der Waals surface area (Å²) in [4.78, 5) is 88.8. The number of anilines is 1. The highest BCUT2D eigenvalue weighted by atomic mass is 35.5. The summed E-state index contributed by atoms with van der Waals surface area (Å²) >= 11 is 6.87. The first-order valence-electron chi connectivity index (χ1n) is 16.1. The molecule has 0 aromatic heterocycles. The molecule has 22 nitrogen and oxygen atoms in total. The van der Waals surface area contributed by atoms with Gasteiger partial charge in [-0.3, -0.25) is 35.1 Å². The zero-order chi connectivity index (χ0) is 42.1. The second-order valence-corrected chi connectivity index (χ2v) is 14.7. The number of carbonyl (C=O) groups is 4. The highest BCUT2D eigenvalue weighted by molar-refractivity contribution is 7.99. The Kier molecular flexibility index (Phi) is 14.6. The van der Waals surface area contributed by atoms with Crippen LogP contribution in [0.3, 0.4) is 0 Å². The van der Waals surface area contributed by atoms with Gasteiger partial charge in [0.25, 0.3) is 5.91 Å². The Morgan fingerprint density at radius 2 is 1.62 bits per heavy atom. The Morgan fingerprint density at radius 1 is 1.00 bits per heavy atom. The number of thioether (sulfide) groups is 1. The molecular formula is C32H35ClN10O12S. The molecule has 2 aromatic rings. The van der Waals surface area contributed by atoms with Crippen molar-refractivity contribution in [3.8, 4) is 6.19 Å². The third-order valence-electron chi connectivity index (χ3n) is 7.70. The average molecular weight is 819 g/mol. The molecule has 3 unspecified atom stereocenters. The first kappa shape index (κ1) is 43.9. The number of nitrogens with zero attached hydrogens (tertiary/aromatic N) is 6. The Bertz CT molecular complexity index is 2030. The molecule has 2 amide bonds. The van der Waals surface area contributed by atoms with E-state index in [1.807, 2.05) is 0 Å². The largest absolute Gasteiger partial charge is 0.480 e. The fourth-order valence-corrected chi connectivity index (χ4v) is 6.53. The fraction of sp³-hybridized carbons (Fsp3) is 0.375. The molecule has 0 bridgehead atoms. The van der Waals surface area contributed by atoms with Crippen LogP contribution in [-0.2, 0) is 14.4 Å². The Balaban J connectivity index is 2.13. The van der Waals surface area contributed by atoms with E-state index in [-0.39, 0.29) is 24.3 Å².